The van der Waals surface area contributed by atoms with Crippen molar-refractivity contribution in [1.82, 2.24) is 0 Å². The Labute approximate surface area is 149 Å². The standard InChI is InChI=1S/C16H10BrN3O5/c17-11-1-3-12(4-2-11)19-16(23)10(8-18)5-9-6-13(20(24)25)15(22)7-14(9)21/h1-7,21-22H,(H,19,23)/b10-5-. The van der Waals surface area contributed by atoms with Crippen molar-refractivity contribution in [3.8, 4) is 17.6 Å². The molecule has 3 N–H and O–H groups in total. The molecule has 0 saturated carbocycles. The Morgan fingerprint density at radius 2 is 1.88 bits per heavy atom. The molecule has 126 valence electrons. The summed E-state index contributed by atoms with van der Waals surface area (Å²) in [5, 5.41) is 41.7. The summed E-state index contributed by atoms with van der Waals surface area (Å²) in [5.41, 5.74) is -0.741. The number of rotatable bonds is 4. The molecule has 0 bridgehead atoms. The first-order chi connectivity index (χ1) is 11.8. The van der Waals surface area contributed by atoms with Gasteiger partial charge in [-0.15, -0.1) is 0 Å². The molecule has 0 radical (unpaired) electrons. The van der Waals surface area contributed by atoms with E-state index >= 15 is 0 Å². The van der Waals surface area contributed by atoms with E-state index in [1.54, 1.807) is 30.3 Å². The molecule has 9 heteroatoms. The molecular formula is C16H10BrN3O5. The van der Waals surface area contributed by atoms with Gasteiger partial charge in [-0.3, -0.25) is 14.9 Å². The lowest BCUT2D eigenvalue weighted by atomic mass is 10.1. The summed E-state index contributed by atoms with van der Waals surface area (Å²) in [7, 11) is 0. The molecule has 0 saturated heterocycles. The number of carbonyl (C=O) groups is 1. The first kappa shape index (κ1) is 18.0. The van der Waals surface area contributed by atoms with Gasteiger partial charge < -0.3 is 15.5 Å². The summed E-state index contributed by atoms with van der Waals surface area (Å²) in [5.74, 6) is -1.98. The largest absolute Gasteiger partial charge is 0.507 e. The summed E-state index contributed by atoms with van der Waals surface area (Å²) in [6.07, 6.45) is 0.996. The highest BCUT2D eigenvalue weighted by molar-refractivity contribution is 9.10. The van der Waals surface area contributed by atoms with Gasteiger partial charge in [-0.05, 0) is 30.3 Å². The van der Waals surface area contributed by atoms with Crippen molar-refractivity contribution >= 4 is 39.3 Å². The monoisotopic (exact) mass is 403 g/mol. The molecule has 0 spiro atoms. The summed E-state index contributed by atoms with van der Waals surface area (Å²) in [4.78, 5) is 22.1. The van der Waals surface area contributed by atoms with Gasteiger partial charge in [0.2, 0.25) is 0 Å². The van der Waals surface area contributed by atoms with Gasteiger partial charge in [0.05, 0.1) is 4.92 Å². The van der Waals surface area contributed by atoms with Crippen molar-refractivity contribution in [2.75, 3.05) is 5.32 Å². The minimum Gasteiger partial charge on any atom is -0.507 e. The van der Waals surface area contributed by atoms with Crippen LogP contribution in [0.3, 0.4) is 0 Å². The molecule has 0 aromatic heterocycles. The predicted molar refractivity (Wildman–Crippen MR) is 92.8 cm³/mol. The Morgan fingerprint density at radius 3 is 2.44 bits per heavy atom. The normalized spacial score (nSPS) is 10.8. The molecule has 0 unspecified atom stereocenters. The van der Waals surface area contributed by atoms with Gasteiger partial charge in [0.1, 0.15) is 17.4 Å². The zero-order chi connectivity index (χ0) is 18.6. The van der Waals surface area contributed by atoms with Crippen molar-refractivity contribution in [2.45, 2.75) is 0 Å². The van der Waals surface area contributed by atoms with E-state index in [4.69, 9.17) is 5.26 Å². The van der Waals surface area contributed by atoms with E-state index in [1.807, 2.05) is 0 Å². The van der Waals surface area contributed by atoms with E-state index in [0.29, 0.717) is 5.69 Å². The van der Waals surface area contributed by atoms with Gasteiger partial charge >= 0.3 is 5.69 Å². The minimum absolute atomic E-state index is 0.146. The van der Waals surface area contributed by atoms with Crippen molar-refractivity contribution in [3.05, 3.63) is 62.1 Å². The molecule has 2 aromatic carbocycles. The number of hydrogen-bond acceptors (Lipinski definition) is 6. The zero-order valence-electron chi connectivity index (χ0n) is 12.4. The van der Waals surface area contributed by atoms with Crippen molar-refractivity contribution in [3.63, 3.8) is 0 Å². The summed E-state index contributed by atoms with van der Waals surface area (Å²) in [6.45, 7) is 0. The summed E-state index contributed by atoms with van der Waals surface area (Å²) in [6, 6.07) is 9.92. The van der Waals surface area contributed by atoms with Gasteiger partial charge in [-0.1, -0.05) is 15.9 Å². The van der Waals surface area contributed by atoms with Gasteiger partial charge in [-0.25, -0.2) is 0 Å². The van der Waals surface area contributed by atoms with Crippen LogP contribution in [0.5, 0.6) is 11.5 Å². The Kier molecular flexibility index (Phi) is 5.36. The molecule has 2 rings (SSSR count). The van der Waals surface area contributed by atoms with Crippen LogP contribution in [0, 0.1) is 21.4 Å². The van der Waals surface area contributed by atoms with Crippen LogP contribution in [0.25, 0.3) is 6.08 Å². The fourth-order valence-electron chi connectivity index (χ4n) is 1.88. The van der Waals surface area contributed by atoms with Gasteiger partial charge in [0.25, 0.3) is 5.91 Å². The third kappa shape index (κ3) is 4.33. The second-order valence-electron chi connectivity index (χ2n) is 4.79. The number of halogens is 1. The van der Waals surface area contributed by atoms with Crippen LogP contribution in [-0.2, 0) is 4.79 Å². The Bertz CT molecular complexity index is 917. The maximum Gasteiger partial charge on any atom is 0.311 e. The van der Waals surface area contributed by atoms with Crippen LogP contribution < -0.4 is 5.32 Å². The fraction of sp³-hybridized carbons (Fsp3) is 0. The lowest BCUT2D eigenvalue weighted by Crippen LogP contribution is -2.13. The number of amides is 1. The molecule has 0 aliphatic heterocycles. The van der Waals surface area contributed by atoms with Gasteiger partial charge in [0.15, 0.2) is 5.75 Å². The molecular weight excluding hydrogens is 394 g/mol. The van der Waals surface area contributed by atoms with Crippen LogP contribution in [-0.4, -0.2) is 21.0 Å². The molecule has 0 heterocycles. The lowest BCUT2D eigenvalue weighted by Gasteiger charge is -2.05. The van der Waals surface area contributed by atoms with Crippen LogP contribution >= 0.6 is 15.9 Å². The topological polar surface area (TPSA) is 136 Å². The fourth-order valence-corrected chi connectivity index (χ4v) is 2.14. The van der Waals surface area contributed by atoms with Gasteiger partial charge in [0, 0.05) is 27.9 Å². The van der Waals surface area contributed by atoms with Crippen LogP contribution in [0.4, 0.5) is 11.4 Å². The molecule has 1 amide bonds. The number of anilines is 1. The average molecular weight is 404 g/mol. The van der Waals surface area contributed by atoms with Crippen LogP contribution in [0.2, 0.25) is 0 Å². The Hall–Kier alpha value is -3.38. The van der Waals surface area contributed by atoms with E-state index < -0.39 is 28.0 Å². The molecule has 0 aliphatic rings. The number of nitro groups is 1. The number of benzene rings is 2. The third-order valence-electron chi connectivity index (χ3n) is 3.09. The predicted octanol–water partition coefficient (Wildman–Crippen LogP) is 3.31. The molecule has 2 aromatic rings. The second kappa shape index (κ2) is 7.46. The minimum atomic E-state index is -0.847. The number of phenolic OH excluding ortho intramolecular Hbond substituents is 2. The number of phenols is 2. The van der Waals surface area contributed by atoms with E-state index in [1.165, 1.54) is 0 Å². The van der Waals surface area contributed by atoms with Crippen LogP contribution in [0.1, 0.15) is 5.56 Å². The van der Waals surface area contributed by atoms with E-state index in [2.05, 4.69) is 21.2 Å². The molecule has 8 nitrogen and oxygen atoms in total. The number of aromatic hydroxyl groups is 2. The van der Waals surface area contributed by atoms with E-state index in [0.717, 1.165) is 22.7 Å². The van der Waals surface area contributed by atoms with E-state index in [-0.39, 0.29) is 11.1 Å². The lowest BCUT2D eigenvalue weighted by molar-refractivity contribution is -0.385. The van der Waals surface area contributed by atoms with E-state index in [9.17, 15) is 25.1 Å². The molecule has 0 fully saturated rings. The number of nitrogens with zero attached hydrogens (tertiary/aromatic N) is 2. The third-order valence-corrected chi connectivity index (χ3v) is 3.62. The first-order valence-corrected chi connectivity index (χ1v) is 7.50. The number of nitro benzene ring substituents is 1. The van der Waals surface area contributed by atoms with Gasteiger partial charge in [-0.2, -0.15) is 5.26 Å². The summed E-state index contributed by atoms with van der Waals surface area (Å²) < 4.78 is 0.808. The summed E-state index contributed by atoms with van der Waals surface area (Å²) >= 11 is 3.25. The maximum atomic E-state index is 12.2. The first-order valence-electron chi connectivity index (χ1n) is 6.71. The number of hydrogen-bond donors (Lipinski definition) is 3. The van der Waals surface area contributed by atoms with Crippen molar-refractivity contribution in [1.29, 1.82) is 5.26 Å². The highest BCUT2D eigenvalue weighted by atomic mass is 79.9. The van der Waals surface area contributed by atoms with Crippen LogP contribution in [0.15, 0.2) is 46.4 Å². The highest BCUT2D eigenvalue weighted by Crippen LogP contribution is 2.34. The molecule has 25 heavy (non-hydrogen) atoms. The molecule has 0 aliphatic carbocycles. The number of nitrogens with one attached hydrogen (secondary N) is 1. The van der Waals surface area contributed by atoms with Crippen molar-refractivity contribution in [2.24, 2.45) is 0 Å². The average Bonchev–Trinajstić information content (AvgIpc) is 2.55. The highest BCUT2D eigenvalue weighted by Gasteiger charge is 2.18. The Morgan fingerprint density at radius 1 is 1.24 bits per heavy atom. The smallest absolute Gasteiger partial charge is 0.311 e. The quantitative estimate of drug-likeness (QED) is 0.310. The number of nitriles is 1. The Balaban J connectivity index is 2.35. The molecule has 0 atom stereocenters. The second-order valence-corrected chi connectivity index (χ2v) is 5.70. The SMILES string of the molecule is N#C/C(=C/c1cc([N+](=O)[O-])c(O)cc1O)C(=O)Nc1ccc(Br)cc1. The maximum absolute atomic E-state index is 12.2. The zero-order valence-corrected chi connectivity index (χ0v) is 14.0. The van der Waals surface area contributed by atoms with Crippen molar-refractivity contribution < 1.29 is 19.9 Å². The number of carbonyl (C=O) groups excluding carboxylic acids is 1.